The summed E-state index contributed by atoms with van der Waals surface area (Å²) in [6.45, 7) is 1.29. The van der Waals surface area contributed by atoms with Gasteiger partial charge in [-0.3, -0.25) is 0 Å². The normalized spacial score (nSPS) is 11.8. The maximum atomic E-state index is 12.5. The number of amides is 1. The van der Waals surface area contributed by atoms with Crippen LogP contribution in [0.2, 0.25) is 0 Å². The smallest absolute Gasteiger partial charge is 0.160 e. The van der Waals surface area contributed by atoms with E-state index in [1.54, 1.807) is 0 Å². The van der Waals surface area contributed by atoms with Crippen molar-refractivity contribution in [1.82, 2.24) is 0 Å². The van der Waals surface area contributed by atoms with Gasteiger partial charge in [0.1, 0.15) is 0 Å². The molecular weight excluding hydrogens is 465 g/mol. The van der Waals surface area contributed by atoms with E-state index >= 15 is 0 Å². The second-order valence-electron chi connectivity index (χ2n) is 5.42. The number of phenols is 1. The molecule has 7 N–H and O–H groups in total. The number of carbonyl (C=O) groups is 2. The molecule has 0 aliphatic carbocycles. The third-order valence-corrected chi connectivity index (χ3v) is 6.12. The van der Waals surface area contributed by atoms with Crippen molar-refractivity contribution in [2.24, 2.45) is 11.5 Å². The number of anilines is 1. The molecule has 0 saturated carbocycles. The molecule has 2 aromatic carbocycles. The SMILES string of the molecule is COC(=O)c1cccc(O[As](=O)(O)c2ccc(NC(C)=O)cc2O)c1.NC(N)=S. The molecule has 0 radical (unpaired) electrons. The van der Waals surface area contributed by atoms with Crippen molar-refractivity contribution in [3.8, 4) is 11.5 Å². The number of hydrogen-bond acceptors (Lipinski definition) is 7. The van der Waals surface area contributed by atoms with Crippen LogP contribution in [0.4, 0.5) is 5.69 Å². The second-order valence-corrected chi connectivity index (χ2v) is 9.47. The van der Waals surface area contributed by atoms with E-state index in [9.17, 15) is 22.5 Å². The fourth-order valence-corrected chi connectivity index (χ4v) is 4.37. The van der Waals surface area contributed by atoms with Crippen molar-refractivity contribution in [1.29, 1.82) is 0 Å². The minimum Gasteiger partial charge on any atom is -0.377 e. The molecule has 0 aliphatic heterocycles. The molecule has 0 fully saturated rings. The number of phenolic OH excluding ortho intramolecular Hbond substituents is 1. The molecule has 0 heterocycles. The van der Waals surface area contributed by atoms with E-state index in [0.717, 1.165) is 6.07 Å². The predicted molar refractivity (Wildman–Crippen MR) is 110 cm³/mol. The Morgan fingerprint density at radius 3 is 2.31 bits per heavy atom. The van der Waals surface area contributed by atoms with Gasteiger partial charge in [-0.05, 0) is 12.2 Å². The molecule has 29 heavy (non-hydrogen) atoms. The summed E-state index contributed by atoms with van der Waals surface area (Å²) in [5.74, 6) is -1.47. The fourth-order valence-electron chi connectivity index (χ4n) is 2.03. The molecule has 0 aromatic heterocycles. The van der Waals surface area contributed by atoms with Crippen LogP contribution in [0.5, 0.6) is 11.5 Å². The summed E-state index contributed by atoms with van der Waals surface area (Å²) in [6.07, 6.45) is 0. The van der Waals surface area contributed by atoms with Crippen LogP contribution in [-0.4, -0.2) is 47.5 Å². The Bertz CT molecular complexity index is 964. The largest absolute Gasteiger partial charge is 0.377 e. The molecule has 12 heteroatoms. The van der Waals surface area contributed by atoms with Gasteiger partial charge in [-0.2, -0.15) is 0 Å². The molecule has 0 saturated heterocycles. The third-order valence-electron chi connectivity index (χ3n) is 3.08. The van der Waals surface area contributed by atoms with Crippen molar-refractivity contribution in [3.63, 3.8) is 0 Å². The maximum Gasteiger partial charge on any atom is 0.160 e. The Hall–Kier alpha value is -3.01. The van der Waals surface area contributed by atoms with Crippen LogP contribution in [-0.2, 0) is 13.3 Å². The Balaban J connectivity index is 0.000000960. The van der Waals surface area contributed by atoms with Crippen LogP contribution in [0.25, 0.3) is 0 Å². The molecule has 0 aliphatic rings. The first-order valence-corrected chi connectivity index (χ1v) is 11.5. The van der Waals surface area contributed by atoms with E-state index in [1.807, 2.05) is 0 Å². The summed E-state index contributed by atoms with van der Waals surface area (Å²) in [7, 11) is 1.21. The number of hydrogen-bond donors (Lipinski definition) is 5. The van der Waals surface area contributed by atoms with Gasteiger partial charge in [-0.25, -0.2) is 0 Å². The predicted octanol–water partition coefficient (Wildman–Crippen LogP) is -0.0264. The van der Waals surface area contributed by atoms with E-state index in [1.165, 1.54) is 50.4 Å². The maximum absolute atomic E-state index is 12.5. The van der Waals surface area contributed by atoms with Crippen molar-refractivity contribution in [2.45, 2.75) is 6.92 Å². The summed E-state index contributed by atoms with van der Waals surface area (Å²) < 4.78 is 32.2. The molecule has 10 nitrogen and oxygen atoms in total. The van der Waals surface area contributed by atoms with Gasteiger partial charge in [-0.1, -0.05) is 0 Å². The average molecular weight is 485 g/mol. The second kappa shape index (κ2) is 10.5. The van der Waals surface area contributed by atoms with Crippen LogP contribution >= 0.6 is 12.2 Å². The molecule has 2 aromatic rings. The quantitative estimate of drug-likeness (QED) is 0.220. The van der Waals surface area contributed by atoms with Gasteiger partial charge in [0.15, 0.2) is 5.11 Å². The van der Waals surface area contributed by atoms with Gasteiger partial charge < -0.3 is 11.5 Å². The Morgan fingerprint density at radius 2 is 1.79 bits per heavy atom. The van der Waals surface area contributed by atoms with E-state index in [0.29, 0.717) is 0 Å². The summed E-state index contributed by atoms with van der Waals surface area (Å²) in [4.78, 5) is 22.5. The molecule has 1 amide bonds. The zero-order valence-corrected chi connectivity index (χ0v) is 18.2. The molecule has 0 spiro atoms. The number of thiocarbonyl (C=S) groups is 1. The van der Waals surface area contributed by atoms with Gasteiger partial charge in [0, 0.05) is 0 Å². The van der Waals surface area contributed by atoms with Gasteiger partial charge in [0.2, 0.25) is 0 Å². The number of methoxy groups -OCH3 is 1. The van der Waals surface area contributed by atoms with Gasteiger partial charge >= 0.3 is 146 Å². The van der Waals surface area contributed by atoms with Crippen molar-refractivity contribution in [2.75, 3.05) is 12.4 Å². The topological polar surface area (TPSA) is 174 Å². The number of nitrogens with two attached hydrogens (primary N) is 2. The van der Waals surface area contributed by atoms with E-state index in [2.05, 4.69) is 33.7 Å². The van der Waals surface area contributed by atoms with Crippen molar-refractivity contribution < 1.29 is 31.0 Å². The zero-order valence-electron chi connectivity index (χ0n) is 15.5. The van der Waals surface area contributed by atoms with Gasteiger partial charge in [-0.15, -0.1) is 0 Å². The van der Waals surface area contributed by atoms with Crippen LogP contribution in [0.15, 0.2) is 42.5 Å². The number of esters is 1. The van der Waals surface area contributed by atoms with E-state index < -0.39 is 25.9 Å². The van der Waals surface area contributed by atoms with Crippen LogP contribution in [0, 0.1) is 0 Å². The summed E-state index contributed by atoms with van der Waals surface area (Å²) >= 11 is -1.06. The number of carbonyl (C=O) groups excluding carboxylic acids is 2. The number of ether oxygens (including phenoxy) is 1. The summed E-state index contributed by atoms with van der Waals surface area (Å²) in [5, 5.41) is 12.4. The average Bonchev–Trinajstić information content (AvgIpc) is 2.59. The van der Waals surface area contributed by atoms with Crippen molar-refractivity contribution >= 4 is 53.4 Å². The first kappa shape index (κ1) is 24.0. The molecule has 156 valence electrons. The molecule has 2 rings (SSSR count). The summed E-state index contributed by atoms with van der Waals surface area (Å²) in [5.41, 5.74) is 9.67. The number of nitrogens with one attached hydrogen (secondary N) is 1. The monoisotopic (exact) mass is 485 g/mol. The molecular formula is C17H20AsN3O7S. The Kier molecular flexibility index (Phi) is 8.71. The molecule has 1 atom stereocenters. The van der Waals surface area contributed by atoms with E-state index in [4.69, 9.17) is 3.73 Å². The molecule has 1 unspecified atom stereocenters. The first-order valence-electron chi connectivity index (χ1n) is 7.83. The zero-order chi connectivity index (χ0) is 22.2. The van der Waals surface area contributed by atoms with Gasteiger partial charge in [0.05, 0.1) is 0 Å². The van der Waals surface area contributed by atoms with E-state index in [-0.39, 0.29) is 32.4 Å². The standard InChI is InChI=1S/C16H16AsNO7.CH4N2S/c1-10(19)18-12-6-7-14(15(20)9-12)17(22,23)25-13-5-3-4-11(8-13)16(21)24-2;2-1(3)4/h3-9,20H,1-2H3,(H,18,19)(H,22,23);(H4,2,3,4). The number of benzene rings is 2. The number of aromatic hydroxyl groups is 1. The third kappa shape index (κ3) is 7.86. The number of rotatable bonds is 5. The Morgan fingerprint density at radius 1 is 1.17 bits per heavy atom. The minimum atomic E-state index is -5.15. The van der Waals surface area contributed by atoms with Gasteiger partial charge in [0.25, 0.3) is 0 Å². The van der Waals surface area contributed by atoms with Crippen LogP contribution in [0.3, 0.4) is 0 Å². The summed E-state index contributed by atoms with van der Waals surface area (Å²) in [6, 6.07) is 9.32. The van der Waals surface area contributed by atoms with Crippen LogP contribution in [0.1, 0.15) is 17.3 Å². The van der Waals surface area contributed by atoms with Crippen LogP contribution < -0.4 is 24.9 Å². The first-order chi connectivity index (χ1) is 13.5. The minimum absolute atomic E-state index is 0.000000000000000222. The van der Waals surface area contributed by atoms with Crippen molar-refractivity contribution in [3.05, 3.63) is 48.0 Å². The molecule has 0 bridgehead atoms. The Labute approximate surface area is 174 Å². The fraction of sp³-hybridized carbons (Fsp3) is 0.118.